The van der Waals surface area contributed by atoms with Crippen molar-refractivity contribution in [3.63, 3.8) is 0 Å². The summed E-state index contributed by atoms with van der Waals surface area (Å²) in [6, 6.07) is 5.95. The summed E-state index contributed by atoms with van der Waals surface area (Å²) in [5.74, 6) is -0.103. The maximum atomic E-state index is 11.6. The second kappa shape index (κ2) is 6.49. The third-order valence-electron chi connectivity index (χ3n) is 2.64. The first-order valence-electron chi connectivity index (χ1n) is 5.87. The minimum Gasteiger partial charge on any atom is -0.350 e. The average Bonchev–Trinajstić information content (AvgIpc) is 2.35. The normalized spacial score (nSPS) is 12.7. The van der Waals surface area contributed by atoms with Crippen LogP contribution in [0.1, 0.15) is 31.4 Å². The molecule has 1 amide bonds. The fraction of sp³-hybridized carbons (Fsp3) is 0.308. The summed E-state index contributed by atoms with van der Waals surface area (Å²) in [4.78, 5) is 11.6. The van der Waals surface area contributed by atoms with Crippen molar-refractivity contribution in [2.45, 2.75) is 30.7 Å². The van der Waals surface area contributed by atoms with Crippen LogP contribution in [0.15, 0.2) is 41.8 Å². The summed E-state index contributed by atoms with van der Waals surface area (Å²) >= 11 is 0. The van der Waals surface area contributed by atoms with Crippen LogP contribution in [-0.4, -0.2) is 14.3 Å². The number of sulfonamides is 1. The number of hydrogen-bond donors (Lipinski definition) is 2. The Morgan fingerprint density at radius 1 is 1.53 bits per heavy atom. The molecular weight excluding hydrogens is 264 g/mol. The van der Waals surface area contributed by atoms with Crippen LogP contribution < -0.4 is 10.5 Å². The molecule has 0 saturated carbocycles. The monoisotopic (exact) mass is 282 g/mol. The van der Waals surface area contributed by atoms with E-state index in [1.54, 1.807) is 25.1 Å². The topological polar surface area (TPSA) is 89.3 Å². The zero-order chi connectivity index (χ0) is 14.5. The molecule has 0 radical (unpaired) electrons. The van der Waals surface area contributed by atoms with Crippen molar-refractivity contribution in [3.8, 4) is 0 Å². The van der Waals surface area contributed by atoms with Crippen molar-refractivity contribution in [2.75, 3.05) is 0 Å². The number of hydrogen-bond acceptors (Lipinski definition) is 3. The molecular formula is C13H18N2O3S. The molecule has 0 saturated heterocycles. The lowest BCUT2D eigenvalue weighted by atomic mass is 10.1. The Kier molecular flexibility index (Phi) is 5.26. The number of amides is 1. The van der Waals surface area contributed by atoms with Crippen molar-refractivity contribution >= 4 is 15.9 Å². The van der Waals surface area contributed by atoms with Crippen molar-refractivity contribution in [3.05, 3.63) is 42.5 Å². The zero-order valence-electron chi connectivity index (χ0n) is 10.8. The van der Waals surface area contributed by atoms with Crippen molar-refractivity contribution < 1.29 is 13.2 Å². The van der Waals surface area contributed by atoms with Gasteiger partial charge in [0.05, 0.1) is 10.9 Å². The van der Waals surface area contributed by atoms with Crippen LogP contribution in [0.3, 0.4) is 0 Å². The van der Waals surface area contributed by atoms with E-state index in [2.05, 4.69) is 11.9 Å². The molecule has 0 spiro atoms. The SMILES string of the molecule is C=CCCC(=O)NC(C)c1cccc(S(N)(=O)=O)c1. The average molecular weight is 282 g/mol. The fourth-order valence-electron chi connectivity index (χ4n) is 1.59. The van der Waals surface area contributed by atoms with Crippen molar-refractivity contribution in [1.82, 2.24) is 5.32 Å². The number of nitrogens with two attached hydrogens (primary N) is 1. The minimum atomic E-state index is -3.73. The van der Waals surface area contributed by atoms with Gasteiger partial charge in [0.25, 0.3) is 0 Å². The molecule has 0 fully saturated rings. The largest absolute Gasteiger partial charge is 0.350 e. The highest BCUT2D eigenvalue weighted by Gasteiger charge is 2.13. The van der Waals surface area contributed by atoms with E-state index in [0.717, 1.165) is 0 Å². The molecule has 1 aromatic carbocycles. The third kappa shape index (κ3) is 4.84. The van der Waals surface area contributed by atoms with E-state index >= 15 is 0 Å². The molecule has 0 aliphatic carbocycles. The summed E-state index contributed by atoms with van der Waals surface area (Å²) in [6.07, 6.45) is 2.64. The minimum absolute atomic E-state index is 0.0391. The van der Waals surface area contributed by atoms with Crippen LogP contribution in [0.2, 0.25) is 0 Å². The van der Waals surface area contributed by atoms with Crippen LogP contribution in [0.25, 0.3) is 0 Å². The van der Waals surface area contributed by atoms with E-state index in [4.69, 9.17) is 5.14 Å². The first-order valence-corrected chi connectivity index (χ1v) is 7.42. The number of primary sulfonamides is 1. The Hall–Kier alpha value is -1.66. The van der Waals surface area contributed by atoms with Gasteiger partial charge in [-0.25, -0.2) is 13.6 Å². The molecule has 0 aliphatic rings. The van der Waals surface area contributed by atoms with E-state index in [1.807, 2.05) is 0 Å². The van der Waals surface area contributed by atoms with E-state index in [9.17, 15) is 13.2 Å². The Morgan fingerprint density at radius 2 is 2.21 bits per heavy atom. The smallest absolute Gasteiger partial charge is 0.238 e. The second-order valence-electron chi connectivity index (χ2n) is 4.23. The molecule has 6 heteroatoms. The van der Waals surface area contributed by atoms with Crippen molar-refractivity contribution in [1.29, 1.82) is 0 Å². The first kappa shape index (κ1) is 15.4. The lowest BCUT2D eigenvalue weighted by molar-refractivity contribution is -0.121. The summed E-state index contributed by atoms with van der Waals surface area (Å²) in [6.45, 7) is 5.33. The van der Waals surface area contributed by atoms with Gasteiger partial charge in [0.15, 0.2) is 0 Å². The zero-order valence-corrected chi connectivity index (χ0v) is 11.6. The molecule has 1 unspecified atom stereocenters. The van der Waals surface area contributed by atoms with Crippen LogP contribution in [0.4, 0.5) is 0 Å². The molecule has 1 atom stereocenters. The second-order valence-corrected chi connectivity index (χ2v) is 5.80. The number of allylic oxidation sites excluding steroid dienone is 1. The quantitative estimate of drug-likeness (QED) is 0.774. The molecule has 1 aromatic rings. The van der Waals surface area contributed by atoms with E-state index in [-0.39, 0.29) is 16.8 Å². The Morgan fingerprint density at radius 3 is 2.79 bits per heavy atom. The van der Waals surface area contributed by atoms with Crippen molar-refractivity contribution in [2.24, 2.45) is 5.14 Å². The van der Waals surface area contributed by atoms with Gasteiger partial charge in [0.2, 0.25) is 15.9 Å². The molecule has 0 bridgehead atoms. The maximum absolute atomic E-state index is 11.6. The van der Waals surface area contributed by atoms with Crippen LogP contribution in [0, 0.1) is 0 Å². The number of benzene rings is 1. The van der Waals surface area contributed by atoms with Gasteiger partial charge in [0.1, 0.15) is 0 Å². The predicted octanol–water partition coefficient (Wildman–Crippen LogP) is 1.48. The van der Waals surface area contributed by atoms with Crippen LogP contribution in [0.5, 0.6) is 0 Å². The van der Waals surface area contributed by atoms with Crippen LogP contribution >= 0.6 is 0 Å². The molecule has 0 heterocycles. The summed E-state index contributed by atoms with van der Waals surface area (Å²) < 4.78 is 22.5. The highest BCUT2D eigenvalue weighted by molar-refractivity contribution is 7.89. The number of rotatable bonds is 6. The van der Waals surface area contributed by atoms with Gasteiger partial charge in [-0.3, -0.25) is 4.79 Å². The Labute approximate surface area is 113 Å². The Balaban J connectivity index is 2.80. The first-order chi connectivity index (χ1) is 8.84. The van der Waals surface area contributed by atoms with Gasteiger partial charge in [0, 0.05) is 6.42 Å². The molecule has 3 N–H and O–H groups in total. The predicted molar refractivity (Wildman–Crippen MR) is 73.8 cm³/mol. The summed E-state index contributed by atoms with van der Waals surface area (Å²) in [5, 5.41) is 7.85. The highest BCUT2D eigenvalue weighted by Crippen LogP contribution is 2.16. The van der Waals surface area contributed by atoms with E-state index < -0.39 is 10.0 Å². The van der Waals surface area contributed by atoms with Gasteiger partial charge < -0.3 is 5.32 Å². The molecule has 104 valence electrons. The van der Waals surface area contributed by atoms with Gasteiger partial charge in [-0.1, -0.05) is 18.2 Å². The Bertz CT molecular complexity index is 567. The van der Waals surface area contributed by atoms with E-state index in [1.165, 1.54) is 12.1 Å². The number of carbonyl (C=O) groups is 1. The van der Waals surface area contributed by atoms with Gasteiger partial charge in [-0.15, -0.1) is 6.58 Å². The lowest BCUT2D eigenvalue weighted by Crippen LogP contribution is -2.26. The van der Waals surface area contributed by atoms with Gasteiger partial charge in [-0.2, -0.15) is 0 Å². The molecule has 19 heavy (non-hydrogen) atoms. The standard InChI is InChI=1S/C13H18N2O3S/c1-3-4-8-13(16)15-10(2)11-6-5-7-12(9-11)19(14,17)18/h3,5-7,9-10H,1,4,8H2,2H3,(H,15,16)(H2,14,17,18). The molecule has 5 nitrogen and oxygen atoms in total. The molecule has 0 aliphatic heterocycles. The number of carbonyl (C=O) groups excluding carboxylic acids is 1. The maximum Gasteiger partial charge on any atom is 0.238 e. The summed E-state index contributed by atoms with van der Waals surface area (Å²) in [5.41, 5.74) is 0.693. The lowest BCUT2D eigenvalue weighted by Gasteiger charge is -2.14. The summed E-state index contributed by atoms with van der Waals surface area (Å²) in [7, 11) is -3.73. The van der Waals surface area contributed by atoms with E-state index in [0.29, 0.717) is 18.4 Å². The fourth-order valence-corrected chi connectivity index (χ4v) is 2.16. The third-order valence-corrected chi connectivity index (χ3v) is 3.55. The highest BCUT2D eigenvalue weighted by atomic mass is 32.2. The number of nitrogens with one attached hydrogen (secondary N) is 1. The molecule has 0 aromatic heterocycles. The van der Waals surface area contributed by atoms with Crippen LogP contribution in [-0.2, 0) is 14.8 Å². The van der Waals surface area contributed by atoms with Gasteiger partial charge >= 0.3 is 0 Å². The van der Waals surface area contributed by atoms with Gasteiger partial charge in [-0.05, 0) is 31.0 Å². The molecule has 1 rings (SSSR count).